The highest BCUT2D eigenvalue weighted by molar-refractivity contribution is 5.92. The Morgan fingerprint density at radius 1 is 1.11 bits per heavy atom. The molecule has 0 unspecified atom stereocenters. The molecular formula is C28H34N6O2. The summed E-state index contributed by atoms with van der Waals surface area (Å²) in [5.74, 6) is -0.0539. The van der Waals surface area contributed by atoms with Crippen LogP contribution in [0.3, 0.4) is 0 Å². The largest absolute Gasteiger partial charge is 0.368 e. The topological polar surface area (TPSA) is 94.2 Å². The van der Waals surface area contributed by atoms with Crippen molar-refractivity contribution in [1.82, 2.24) is 25.2 Å². The fourth-order valence-corrected chi connectivity index (χ4v) is 6.08. The second-order valence-electron chi connectivity index (χ2n) is 10.9. The molecule has 3 fully saturated rings. The van der Waals surface area contributed by atoms with E-state index in [1.165, 1.54) is 19.3 Å². The molecular weight excluding hydrogens is 452 g/mol. The summed E-state index contributed by atoms with van der Waals surface area (Å²) in [4.78, 5) is 41.5. The van der Waals surface area contributed by atoms with Gasteiger partial charge in [0.2, 0.25) is 0 Å². The average Bonchev–Trinajstić information content (AvgIpc) is 2.85. The molecule has 2 N–H and O–H groups in total. The van der Waals surface area contributed by atoms with Crippen LogP contribution in [0.5, 0.6) is 0 Å². The van der Waals surface area contributed by atoms with Crippen LogP contribution < -0.4 is 15.8 Å². The number of H-pyrrole nitrogens is 1. The van der Waals surface area contributed by atoms with E-state index in [1.807, 2.05) is 43.6 Å². The van der Waals surface area contributed by atoms with Crippen LogP contribution in [0.2, 0.25) is 0 Å². The van der Waals surface area contributed by atoms with E-state index >= 15 is 0 Å². The molecule has 1 amide bonds. The number of carbonyl (C=O) groups is 1. The van der Waals surface area contributed by atoms with Crippen LogP contribution in [-0.2, 0) is 13.0 Å². The molecule has 6 rings (SSSR count). The molecule has 1 spiro atoms. The predicted molar refractivity (Wildman–Crippen MR) is 140 cm³/mol. The van der Waals surface area contributed by atoms with Gasteiger partial charge in [-0.25, -0.2) is 4.98 Å². The first kappa shape index (κ1) is 23.2. The zero-order valence-corrected chi connectivity index (χ0v) is 20.9. The highest BCUT2D eigenvalue weighted by atomic mass is 16.2. The van der Waals surface area contributed by atoms with Gasteiger partial charge in [0.1, 0.15) is 5.69 Å². The maximum Gasteiger partial charge on any atom is 0.270 e. The summed E-state index contributed by atoms with van der Waals surface area (Å²) in [5.41, 5.74) is 5.58. The highest BCUT2D eigenvalue weighted by Crippen LogP contribution is 2.55. The second-order valence-corrected chi connectivity index (χ2v) is 10.9. The summed E-state index contributed by atoms with van der Waals surface area (Å²) in [6, 6.07) is 8.11. The Morgan fingerprint density at radius 2 is 1.92 bits per heavy atom. The molecule has 2 saturated carbocycles. The van der Waals surface area contributed by atoms with Gasteiger partial charge < -0.3 is 15.2 Å². The Morgan fingerprint density at radius 3 is 2.58 bits per heavy atom. The maximum atomic E-state index is 12.6. The Hall–Kier alpha value is -3.26. The molecule has 1 saturated heterocycles. The Labute approximate surface area is 211 Å². The fraction of sp³-hybridized carbons (Fsp3) is 0.500. The van der Waals surface area contributed by atoms with Gasteiger partial charge in [0.05, 0.1) is 22.9 Å². The summed E-state index contributed by atoms with van der Waals surface area (Å²) in [6.45, 7) is 6.42. The molecule has 2 aliphatic carbocycles. The number of fused-ring (bicyclic) bond motifs is 1. The van der Waals surface area contributed by atoms with Gasteiger partial charge in [0.15, 0.2) is 0 Å². The van der Waals surface area contributed by atoms with Gasteiger partial charge in [-0.2, -0.15) is 0 Å². The van der Waals surface area contributed by atoms with E-state index in [9.17, 15) is 9.59 Å². The molecule has 3 aromatic rings. The summed E-state index contributed by atoms with van der Waals surface area (Å²) in [7, 11) is 0. The van der Waals surface area contributed by atoms with Crippen molar-refractivity contribution in [3.8, 4) is 0 Å². The first-order valence-corrected chi connectivity index (χ1v) is 13.3. The standard InChI is InChI=1S/C28H34N6O2/c1-2-20-13-24-25(32-26(20)35)12-19(16-29-24)18-33-8-10-34(11-9-33)22-4-5-23(30-17-22)27(36)31-21-14-28(15-21)6-3-7-28/h4-5,12-13,16-17,21H,2-3,6-11,14-15,18H2,1H3,(H,31,36)(H,32,35). The number of anilines is 1. The van der Waals surface area contributed by atoms with E-state index in [0.29, 0.717) is 23.6 Å². The Kier molecular flexibility index (Phi) is 5.99. The molecule has 0 aromatic carbocycles. The van der Waals surface area contributed by atoms with Crippen molar-refractivity contribution in [2.45, 2.75) is 58.0 Å². The normalized spacial score (nSPS) is 19.8. The highest BCUT2D eigenvalue weighted by Gasteiger charge is 2.48. The lowest BCUT2D eigenvalue weighted by Gasteiger charge is -2.54. The average molecular weight is 487 g/mol. The van der Waals surface area contributed by atoms with Crippen molar-refractivity contribution in [3.05, 3.63) is 63.8 Å². The predicted octanol–water partition coefficient (Wildman–Crippen LogP) is 3.27. The van der Waals surface area contributed by atoms with Crippen LogP contribution in [0.15, 0.2) is 41.5 Å². The van der Waals surface area contributed by atoms with Crippen molar-refractivity contribution < 1.29 is 4.79 Å². The lowest BCUT2D eigenvalue weighted by atomic mass is 9.54. The molecule has 0 radical (unpaired) electrons. The number of aromatic amines is 1. The first-order chi connectivity index (χ1) is 17.5. The van der Waals surface area contributed by atoms with E-state index in [4.69, 9.17) is 0 Å². The quantitative estimate of drug-likeness (QED) is 0.556. The van der Waals surface area contributed by atoms with Crippen LogP contribution in [0.4, 0.5) is 5.69 Å². The van der Waals surface area contributed by atoms with Crippen molar-refractivity contribution in [1.29, 1.82) is 0 Å². The number of aromatic nitrogens is 3. The van der Waals surface area contributed by atoms with Gasteiger partial charge in [-0.1, -0.05) is 13.3 Å². The number of aryl methyl sites for hydroxylation is 1. The van der Waals surface area contributed by atoms with E-state index in [-0.39, 0.29) is 11.5 Å². The number of hydrogen-bond acceptors (Lipinski definition) is 6. The van der Waals surface area contributed by atoms with Crippen LogP contribution in [0, 0.1) is 5.41 Å². The lowest BCUT2D eigenvalue weighted by molar-refractivity contribution is -0.000700. The molecule has 8 nitrogen and oxygen atoms in total. The SMILES string of the molecule is CCc1cc2ncc(CN3CCN(c4ccc(C(=O)NC5CC6(CCC6)C5)nc4)CC3)cc2[nH]c1=O. The van der Waals surface area contributed by atoms with Gasteiger partial charge in [0, 0.05) is 50.5 Å². The van der Waals surface area contributed by atoms with Gasteiger partial charge in [-0.3, -0.25) is 19.5 Å². The molecule has 3 aromatic heterocycles. The minimum absolute atomic E-state index is 0.0280. The first-order valence-electron chi connectivity index (χ1n) is 13.3. The van der Waals surface area contributed by atoms with Crippen LogP contribution in [0.25, 0.3) is 11.0 Å². The molecule has 3 aliphatic rings. The summed E-state index contributed by atoms with van der Waals surface area (Å²) in [5, 5.41) is 3.16. The van der Waals surface area contributed by atoms with Crippen molar-refractivity contribution in [2.24, 2.45) is 5.41 Å². The number of piperazine rings is 1. The number of nitrogens with zero attached hydrogens (tertiary/aromatic N) is 4. The molecule has 0 atom stereocenters. The number of pyridine rings is 3. The van der Waals surface area contributed by atoms with E-state index in [2.05, 4.69) is 30.1 Å². The van der Waals surface area contributed by atoms with Crippen molar-refractivity contribution in [2.75, 3.05) is 31.1 Å². The molecule has 0 bridgehead atoms. The third kappa shape index (κ3) is 4.50. The number of nitrogens with one attached hydrogen (secondary N) is 2. The van der Waals surface area contributed by atoms with Gasteiger partial charge in [-0.15, -0.1) is 0 Å². The van der Waals surface area contributed by atoms with E-state index in [0.717, 1.165) is 73.4 Å². The summed E-state index contributed by atoms with van der Waals surface area (Å²) < 4.78 is 0. The third-order valence-corrected chi connectivity index (χ3v) is 8.44. The van der Waals surface area contributed by atoms with Gasteiger partial charge >= 0.3 is 0 Å². The Balaban J connectivity index is 1.01. The minimum Gasteiger partial charge on any atom is -0.368 e. The zero-order valence-electron chi connectivity index (χ0n) is 20.9. The minimum atomic E-state index is -0.0539. The number of amides is 1. The molecule has 188 valence electrons. The fourth-order valence-electron chi connectivity index (χ4n) is 6.08. The van der Waals surface area contributed by atoms with Gasteiger partial charge in [0.25, 0.3) is 11.5 Å². The zero-order chi connectivity index (χ0) is 24.7. The molecule has 36 heavy (non-hydrogen) atoms. The smallest absolute Gasteiger partial charge is 0.270 e. The molecule has 8 heteroatoms. The second kappa shape index (κ2) is 9.32. The van der Waals surface area contributed by atoms with Gasteiger partial charge in [-0.05, 0) is 67.3 Å². The van der Waals surface area contributed by atoms with Crippen molar-refractivity contribution >= 4 is 22.6 Å². The van der Waals surface area contributed by atoms with E-state index in [1.54, 1.807) is 0 Å². The summed E-state index contributed by atoms with van der Waals surface area (Å²) in [6.07, 6.45) is 10.7. The lowest BCUT2D eigenvalue weighted by Crippen LogP contribution is -2.53. The monoisotopic (exact) mass is 486 g/mol. The van der Waals surface area contributed by atoms with Crippen LogP contribution in [0.1, 0.15) is 60.6 Å². The third-order valence-electron chi connectivity index (χ3n) is 8.44. The number of carbonyl (C=O) groups excluding carboxylic acids is 1. The van der Waals surface area contributed by atoms with Crippen molar-refractivity contribution in [3.63, 3.8) is 0 Å². The number of hydrogen-bond donors (Lipinski definition) is 2. The molecule has 1 aliphatic heterocycles. The van der Waals surface area contributed by atoms with Crippen LogP contribution >= 0.6 is 0 Å². The molecule has 4 heterocycles. The van der Waals surface area contributed by atoms with Crippen LogP contribution in [-0.4, -0.2) is 58.0 Å². The number of rotatable bonds is 6. The summed E-state index contributed by atoms with van der Waals surface area (Å²) >= 11 is 0. The van der Waals surface area contributed by atoms with E-state index < -0.39 is 0 Å². The Bertz CT molecular complexity index is 1310. The maximum absolute atomic E-state index is 12.6.